The summed E-state index contributed by atoms with van der Waals surface area (Å²) < 4.78 is 5.97. The molecule has 1 unspecified atom stereocenters. The van der Waals surface area contributed by atoms with Crippen LogP contribution in [0.25, 0.3) is 11.1 Å². The van der Waals surface area contributed by atoms with Gasteiger partial charge in [-0.15, -0.1) is 0 Å². The van der Waals surface area contributed by atoms with Gasteiger partial charge in [0.05, 0.1) is 11.1 Å². The summed E-state index contributed by atoms with van der Waals surface area (Å²) in [6.45, 7) is 0.558. The predicted octanol–water partition coefficient (Wildman–Crippen LogP) is 3.38. The molecule has 0 saturated heterocycles. The number of benzene rings is 3. The molecule has 0 bridgehead atoms. The highest BCUT2D eigenvalue weighted by molar-refractivity contribution is 5.93. The van der Waals surface area contributed by atoms with Gasteiger partial charge in [0.15, 0.2) is 6.23 Å². The lowest BCUT2D eigenvalue weighted by atomic mass is 9.99. The number of nitrogens with one attached hydrogen (secondary N) is 1. The van der Waals surface area contributed by atoms with Crippen LogP contribution in [0.1, 0.15) is 31.8 Å². The fourth-order valence-corrected chi connectivity index (χ4v) is 3.31. The molecule has 3 aromatic carbocycles. The molecule has 4 rings (SSSR count). The molecule has 0 fully saturated rings. The molecule has 31 heavy (non-hydrogen) atoms. The predicted molar refractivity (Wildman–Crippen MR) is 117 cm³/mol. The SMILES string of the molecule is CNC1Cc2cccc(-c3cccc(CN)c3)c2O1.O=C(O)c1cccc(C(=O)O)c1. The maximum atomic E-state index is 10.4. The van der Waals surface area contributed by atoms with Gasteiger partial charge in [-0.2, -0.15) is 0 Å². The van der Waals surface area contributed by atoms with E-state index in [1.54, 1.807) is 0 Å². The summed E-state index contributed by atoms with van der Waals surface area (Å²) in [7, 11) is 1.92. The van der Waals surface area contributed by atoms with Crippen LogP contribution < -0.4 is 15.8 Å². The van der Waals surface area contributed by atoms with Gasteiger partial charge in [0, 0.05) is 18.5 Å². The number of fused-ring (bicyclic) bond motifs is 1. The van der Waals surface area contributed by atoms with Gasteiger partial charge in [-0.1, -0.05) is 42.5 Å². The molecule has 1 heterocycles. The van der Waals surface area contributed by atoms with Crippen LogP contribution in [0.15, 0.2) is 66.7 Å². The summed E-state index contributed by atoms with van der Waals surface area (Å²) in [5.74, 6) is -1.26. The molecule has 0 saturated carbocycles. The molecule has 1 atom stereocenters. The van der Waals surface area contributed by atoms with Crippen molar-refractivity contribution in [3.05, 3.63) is 89.0 Å². The number of rotatable bonds is 5. The highest BCUT2D eigenvalue weighted by atomic mass is 16.5. The maximum Gasteiger partial charge on any atom is 0.335 e. The Morgan fingerprint density at radius 2 is 1.65 bits per heavy atom. The third kappa shape index (κ3) is 5.28. The van der Waals surface area contributed by atoms with Crippen LogP contribution in [0.4, 0.5) is 0 Å². The monoisotopic (exact) mass is 420 g/mol. The van der Waals surface area contributed by atoms with Gasteiger partial charge in [0.2, 0.25) is 0 Å². The lowest BCUT2D eigenvalue weighted by molar-refractivity contribution is 0.0696. The van der Waals surface area contributed by atoms with Gasteiger partial charge in [-0.3, -0.25) is 5.32 Å². The number of nitrogens with two attached hydrogens (primary N) is 1. The Morgan fingerprint density at radius 3 is 2.26 bits per heavy atom. The van der Waals surface area contributed by atoms with Crippen molar-refractivity contribution in [2.24, 2.45) is 5.73 Å². The number of carbonyl (C=O) groups is 2. The summed E-state index contributed by atoms with van der Waals surface area (Å²) in [5, 5.41) is 20.2. The lowest BCUT2D eigenvalue weighted by Gasteiger charge is -2.12. The molecule has 7 nitrogen and oxygen atoms in total. The highest BCUT2D eigenvalue weighted by Gasteiger charge is 2.24. The molecule has 0 aromatic heterocycles. The molecule has 0 spiro atoms. The van der Waals surface area contributed by atoms with Crippen molar-refractivity contribution in [2.45, 2.75) is 19.2 Å². The van der Waals surface area contributed by atoms with E-state index in [0.29, 0.717) is 6.54 Å². The Balaban J connectivity index is 0.000000196. The van der Waals surface area contributed by atoms with Crippen LogP contribution >= 0.6 is 0 Å². The minimum absolute atomic E-state index is 0.0186. The first-order valence-electron chi connectivity index (χ1n) is 9.74. The van der Waals surface area contributed by atoms with E-state index in [1.165, 1.54) is 23.8 Å². The van der Waals surface area contributed by atoms with E-state index in [4.69, 9.17) is 20.7 Å². The number of carboxylic acid groups (broad SMARTS) is 2. The van der Waals surface area contributed by atoms with Crippen LogP contribution in [0.2, 0.25) is 0 Å². The average Bonchev–Trinajstić information content (AvgIpc) is 3.23. The van der Waals surface area contributed by atoms with Gasteiger partial charge < -0.3 is 20.7 Å². The van der Waals surface area contributed by atoms with Gasteiger partial charge in [0.25, 0.3) is 0 Å². The van der Waals surface area contributed by atoms with Gasteiger partial charge in [0.1, 0.15) is 5.75 Å². The number of para-hydroxylation sites is 1. The average molecular weight is 420 g/mol. The number of hydrogen-bond acceptors (Lipinski definition) is 5. The minimum atomic E-state index is -1.13. The van der Waals surface area contributed by atoms with E-state index < -0.39 is 11.9 Å². The van der Waals surface area contributed by atoms with Crippen LogP contribution in [0.3, 0.4) is 0 Å². The van der Waals surface area contributed by atoms with E-state index in [9.17, 15) is 9.59 Å². The van der Waals surface area contributed by atoms with Crippen molar-refractivity contribution in [3.63, 3.8) is 0 Å². The van der Waals surface area contributed by atoms with Crippen molar-refractivity contribution in [1.82, 2.24) is 5.32 Å². The molecule has 7 heteroatoms. The van der Waals surface area contributed by atoms with Crippen molar-refractivity contribution in [1.29, 1.82) is 0 Å². The van der Waals surface area contributed by atoms with Gasteiger partial charge >= 0.3 is 11.9 Å². The Labute approximate surface area is 180 Å². The molecule has 3 aromatic rings. The first-order chi connectivity index (χ1) is 14.9. The van der Waals surface area contributed by atoms with Crippen LogP contribution in [-0.4, -0.2) is 35.4 Å². The van der Waals surface area contributed by atoms with E-state index in [2.05, 4.69) is 35.6 Å². The Kier molecular flexibility index (Phi) is 7.02. The number of ether oxygens (including phenoxy) is 1. The third-order valence-corrected chi connectivity index (χ3v) is 4.91. The first kappa shape index (κ1) is 22.0. The van der Waals surface area contributed by atoms with E-state index in [-0.39, 0.29) is 17.4 Å². The molecule has 160 valence electrons. The summed E-state index contributed by atoms with van der Waals surface area (Å²) in [5.41, 5.74) is 10.4. The molecule has 0 amide bonds. The quantitative estimate of drug-likeness (QED) is 0.499. The zero-order chi connectivity index (χ0) is 22.4. The van der Waals surface area contributed by atoms with Crippen LogP contribution in [-0.2, 0) is 13.0 Å². The zero-order valence-corrected chi connectivity index (χ0v) is 17.0. The van der Waals surface area contributed by atoms with Crippen LogP contribution in [0, 0.1) is 0 Å². The fourth-order valence-electron chi connectivity index (χ4n) is 3.31. The van der Waals surface area contributed by atoms with Crippen molar-refractivity contribution < 1.29 is 24.5 Å². The maximum absolute atomic E-state index is 10.4. The first-order valence-corrected chi connectivity index (χ1v) is 9.74. The fraction of sp³-hybridized carbons (Fsp3) is 0.167. The number of likely N-dealkylation sites (N-methyl/N-ethyl adjacent to an activating group) is 1. The Morgan fingerprint density at radius 1 is 1.00 bits per heavy atom. The molecule has 5 N–H and O–H groups in total. The van der Waals surface area contributed by atoms with Crippen molar-refractivity contribution in [2.75, 3.05) is 7.05 Å². The smallest absolute Gasteiger partial charge is 0.335 e. The second-order valence-electron chi connectivity index (χ2n) is 6.99. The minimum Gasteiger partial charge on any atom is -0.478 e. The second-order valence-corrected chi connectivity index (χ2v) is 6.99. The number of carboxylic acids is 2. The highest BCUT2D eigenvalue weighted by Crippen LogP contribution is 2.38. The van der Waals surface area contributed by atoms with Crippen molar-refractivity contribution >= 4 is 11.9 Å². The zero-order valence-electron chi connectivity index (χ0n) is 17.0. The van der Waals surface area contributed by atoms with Gasteiger partial charge in [-0.25, -0.2) is 9.59 Å². The van der Waals surface area contributed by atoms with E-state index >= 15 is 0 Å². The Bertz CT molecular complexity index is 1070. The van der Waals surface area contributed by atoms with Gasteiger partial charge in [-0.05, 0) is 48.0 Å². The molecule has 1 aliphatic heterocycles. The molecular formula is C24H24N2O5. The summed E-state index contributed by atoms with van der Waals surface area (Å²) in [4.78, 5) is 20.8. The number of hydrogen-bond donors (Lipinski definition) is 4. The Hall–Kier alpha value is -3.68. The summed E-state index contributed by atoms with van der Waals surface area (Å²) in [6, 6.07) is 19.8. The standard InChI is InChI=1S/C16H18N2O.C8H6O4/c1-18-15-9-13-6-3-7-14(16(13)19-15)12-5-2-4-11(8-12)10-17;9-7(10)5-2-1-3-6(4-5)8(11)12/h2-8,15,18H,9-10,17H2,1H3;1-4H,(H,9,10)(H,11,12). The largest absolute Gasteiger partial charge is 0.478 e. The lowest BCUT2D eigenvalue weighted by Crippen LogP contribution is -2.29. The van der Waals surface area contributed by atoms with Crippen LogP contribution in [0.5, 0.6) is 5.75 Å². The summed E-state index contributed by atoms with van der Waals surface area (Å²) >= 11 is 0. The van der Waals surface area contributed by atoms with E-state index in [1.807, 2.05) is 19.2 Å². The third-order valence-electron chi connectivity index (χ3n) is 4.91. The van der Waals surface area contributed by atoms with Crippen molar-refractivity contribution in [3.8, 4) is 16.9 Å². The topological polar surface area (TPSA) is 122 Å². The normalized spacial score (nSPS) is 14.1. The summed E-state index contributed by atoms with van der Waals surface area (Å²) in [6.07, 6.45) is 0.991. The number of aromatic carboxylic acids is 2. The molecule has 0 aliphatic carbocycles. The van der Waals surface area contributed by atoms with E-state index in [0.717, 1.165) is 34.9 Å². The molecular weight excluding hydrogens is 396 g/mol. The molecule has 1 aliphatic rings. The second kappa shape index (κ2) is 9.88. The molecule has 0 radical (unpaired) electrons.